The minimum absolute atomic E-state index is 0.191. The summed E-state index contributed by atoms with van der Waals surface area (Å²) in [5, 5.41) is 17.9. The zero-order valence-electron chi connectivity index (χ0n) is 20.3. The van der Waals surface area contributed by atoms with Crippen LogP contribution in [0.5, 0.6) is 0 Å². The van der Waals surface area contributed by atoms with Gasteiger partial charge in [0.2, 0.25) is 0 Å². The molecule has 3 rings (SSSR count). The molecule has 0 atom stereocenters. The van der Waals surface area contributed by atoms with E-state index in [1.165, 1.54) is 0 Å². The molecule has 1 aliphatic carbocycles. The number of rotatable bonds is 8. The van der Waals surface area contributed by atoms with E-state index in [9.17, 15) is 5.11 Å². The van der Waals surface area contributed by atoms with Gasteiger partial charge in [0.1, 0.15) is 0 Å². The molecule has 172 valence electrons. The molecule has 1 aromatic heterocycles. The molecule has 0 unspecified atom stereocenters. The zero-order chi connectivity index (χ0) is 23.8. The molecule has 0 amide bonds. The first-order valence-corrected chi connectivity index (χ1v) is 11.7. The molecule has 0 bridgehead atoms. The van der Waals surface area contributed by atoms with Crippen LogP contribution in [-0.4, -0.2) is 45.1 Å². The van der Waals surface area contributed by atoms with Crippen molar-refractivity contribution in [1.82, 2.24) is 15.1 Å². The second-order valence-corrected chi connectivity index (χ2v) is 8.54. The molecule has 0 saturated heterocycles. The van der Waals surface area contributed by atoms with Crippen LogP contribution in [0.2, 0.25) is 6.82 Å². The van der Waals surface area contributed by atoms with E-state index in [0.717, 1.165) is 64.9 Å². The van der Waals surface area contributed by atoms with Crippen LogP contribution in [0, 0.1) is 0 Å². The number of hydrogen-bond donors (Lipinski definition) is 2. The van der Waals surface area contributed by atoms with Gasteiger partial charge in [0.05, 0.1) is 0 Å². The van der Waals surface area contributed by atoms with Crippen LogP contribution in [-0.2, 0) is 7.05 Å². The van der Waals surface area contributed by atoms with Crippen molar-refractivity contribution in [3.8, 4) is 11.1 Å². The van der Waals surface area contributed by atoms with E-state index >= 15 is 0 Å². The summed E-state index contributed by atoms with van der Waals surface area (Å²) in [6.07, 6.45) is 13.2. The second kappa shape index (κ2) is 11.8. The molecule has 1 saturated carbocycles. The predicted molar refractivity (Wildman–Crippen MR) is 141 cm³/mol. The first-order valence-electron chi connectivity index (χ1n) is 11.7. The van der Waals surface area contributed by atoms with Gasteiger partial charge in [-0.15, -0.1) is 0 Å². The number of aliphatic hydroxyl groups is 1. The molecule has 2 aromatic rings. The maximum atomic E-state index is 9.92. The molecule has 1 fully saturated rings. The number of aryl methyl sites for hydroxylation is 1. The molecule has 0 radical (unpaired) electrons. The van der Waals surface area contributed by atoms with Crippen LogP contribution >= 0.6 is 0 Å². The van der Waals surface area contributed by atoms with E-state index in [2.05, 4.69) is 54.3 Å². The summed E-state index contributed by atoms with van der Waals surface area (Å²) in [4.78, 5) is 5.08. The van der Waals surface area contributed by atoms with E-state index in [0.29, 0.717) is 0 Å². The number of nitrogens with one attached hydrogen (secondary N) is 1. The van der Waals surface area contributed by atoms with Gasteiger partial charge < -0.3 is 0 Å². The summed E-state index contributed by atoms with van der Waals surface area (Å²) in [5.74, 6) is 0.821. The summed E-state index contributed by atoms with van der Waals surface area (Å²) in [6.45, 7) is 12.2. The Kier molecular flexibility index (Phi) is 8.78. The van der Waals surface area contributed by atoms with Gasteiger partial charge in [-0.05, 0) is 0 Å². The Balaban J connectivity index is 2.01. The Labute approximate surface area is 198 Å². The summed E-state index contributed by atoms with van der Waals surface area (Å²) in [6, 6.07) is 8.67. The fraction of sp³-hybridized carbons (Fsp3) is 0.370. The topological polar surface area (TPSA) is 62.4 Å². The molecule has 33 heavy (non-hydrogen) atoms. The summed E-state index contributed by atoms with van der Waals surface area (Å²) in [5.41, 5.74) is 6.23. The summed E-state index contributed by atoms with van der Waals surface area (Å²) in [7, 11) is 1.92. The van der Waals surface area contributed by atoms with Crippen LogP contribution in [0.4, 0.5) is 0 Å². The predicted octanol–water partition coefficient (Wildman–Crippen LogP) is 4.69. The van der Waals surface area contributed by atoms with Crippen molar-refractivity contribution < 1.29 is 5.11 Å². The third-order valence-corrected chi connectivity index (χ3v) is 6.06. The third kappa shape index (κ3) is 6.51. The summed E-state index contributed by atoms with van der Waals surface area (Å²) < 4.78 is 1.81. The molecule has 1 heterocycles. The fourth-order valence-electron chi connectivity index (χ4n) is 4.18. The van der Waals surface area contributed by atoms with E-state index in [1.54, 1.807) is 0 Å². The molecule has 1 aliphatic rings. The van der Waals surface area contributed by atoms with Crippen molar-refractivity contribution in [2.24, 2.45) is 12.0 Å². The zero-order valence-corrected chi connectivity index (χ0v) is 20.3. The average molecular weight is 442 g/mol. The van der Waals surface area contributed by atoms with Gasteiger partial charge in [0, 0.05) is 0 Å². The first-order chi connectivity index (χ1) is 15.9. The van der Waals surface area contributed by atoms with E-state index in [-0.39, 0.29) is 12.1 Å². The second-order valence-electron chi connectivity index (χ2n) is 8.54. The molecule has 0 aliphatic heterocycles. The van der Waals surface area contributed by atoms with Gasteiger partial charge in [0.15, 0.2) is 0 Å². The quantitative estimate of drug-likeness (QED) is 0.354. The van der Waals surface area contributed by atoms with E-state index in [4.69, 9.17) is 4.99 Å². The molecular weight excluding hydrogens is 407 g/mol. The van der Waals surface area contributed by atoms with Gasteiger partial charge in [-0.25, -0.2) is 0 Å². The number of allylic oxidation sites excluding steroid dienone is 4. The van der Waals surface area contributed by atoms with Crippen molar-refractivity contribution in [3.05, 3.63) is 78.4 Å². The van der Waals surface area contributed by atoms with Crippen LogP contribution in [0.25, 0.3) is 11.1 Å². The van der Waals surface area contributed by atoms with Gasteiger partial charge in [-0.2, -0.15) is 0 Å². The number of aliphatic hydroxyl groups excluding tert-OH is 1. The Morgan fingerprint density at radius 1 is 1.27 bits per heavy atom. The fourth-order valence-corrected chi connectivity index (χ4v) is 4.18. The Morgan fingerprint density at radius 3 is 2.64 bits per heavy atom. The monoisotopic (exact) mass is 442 g/mol. The van der Waals surface area contributed by atoms with Crippen LogP contribution in [0.1, 0.15) is 45.1 Å². The standard InChI is InChI=1S/C27H35BN4O/c1-6-9-26(28-4)25(7-2)27(31-23-12-14-24(33)15-13-23)30-19(3)20-10-8-11-21(16-20)22-17-29-32(5)18-22/h6-11,16-18,23-24,31,33H,2,12-15H2,1,3-5H3/b9-6-,27-25-,30-19+. The van der Waals surface area contributed by atoms with Gasteiger partial charge in [-0.1, -0.05) is 0 Å². The maximum absolute atomic E-state index is 9.92. The van der Waals surface area contributed by atoms with E-state index < -0.39 is 0 Å². The number of hydrogen-bond acceptors (Lipinski definition) is 4. The average Bonchev–Trinajstić information content (AvgIpc) is 3.26. The van der Waals surface area contributed by atoms with E-state index in [1.807, 2.05) is 56.9 Å². The van der Waals surface area contributed by atoms with Crippen LogP contribution in [0.15, 0.2) is 77.9 Å². The molecule has 5 nitrogen and oxygen atoms in total. The normalized spacial score (nSPS) is 20.4. The molecule has 6 heteroatoms. The number of benzene rings is 1. The van der Waals surface area contributed by atoms with Crippen molar-refractivity contribution in [2.45, 2.75) is 58.5 Å². The molecule has 2 N–H and O–H groups in total. The van der Waals surface area contributed by atoms with Crippen LogP contribution in [0.3, 0.4) is 0 Å². The molecular formula is C27H35BN4O. The first kappa shape index (κ1) is 24.7. The van der Waals surface area contributed by atoms with Crippen LogP contribution < -0.4 is 5.32 Å². The molecule has 1 aromatic carbocycles. The minimum atomic E-state index is -0.191. The van der Waals surface area contributed by atoms with Gasteiger partial charge in [0.25, 0.3) is 0 Å². The van der Waals surface area contributed by atoms with Crippen molar-refractivity contribution >= 4 is 18.1 Å². The number of nitrogens with zero attached hydrogens (tertiary/aromatic N) is 3. The third-order valence-electron chi connectivity index (χ3n) is 6.06. The van der Waals surface area contributed by atoms with Crippen molar-refractivity contribution in [2.75, 3.05) is 0 Å². The Hall–Kier alpha value is -2.99. The number of aliphatic imine (C=N–C) groups is 1. The van der Waals surface area contributed by atoms with Crippen molar-refractivity contribution in [1.29, 1.82) is 0 Å². The number of aromatic nitrogens is 2. The van der Waals surface area contributed by atoms with Gasteiger partial charge in [-0.3, -0.25) is 0 Å². The SMILES string of the molecule is C=C/C(C(=BC)/C=C\C)=C(\N=C(/C)c1cccc(-c2cnn(C)c2)c1)NC1CCC(O)CC1. The molecule has 0 spiro atoms. The van der Waals surface area contributed by atoms with Crippen molar-refractivity contribution in [3.63, 3.8) is 0 Å². The summed E-state index contributed by atoms with van der Waals surface area (Å²) >= 11 is 0. The Morgan fingerprint density at radius 2 is 2.03 bits per heavy atom. The Bertz CT molecular complexity index is 1090. The van der Waals surface area contributed by atoms with Gasteiger partial charge >= 0.3 is 198 Å².